The number of carboxylic acid groups (broad SMARTS) is 1. The van der Waals surface area contributed by atoms with Gasteiger partial charge in [-0.3, -0.25) is 4.98 Å². The quantitative estimate of drug-likeness (QED) is 0.658. The number of para-hydroxylation sites is 1. The lowest BCUT2D eigenvalue weighted by atomic mass is 10.1. The molecule has 1 aliphatic rings. The number of aromatic nitrogens is 3. The molecular formula is C22H25N5O3. The molecule has 3 heterocycles. The first-order valence-corrected chi connectivity index (χ1v) is 9.91. The van der Waals surface area contributed by atoms with Crippen LogP contribution in [0, 0.1) is 0 Å². The molecule has 30 heavy (non-hydrogen) atoms. The van der Waals surface area contributed by atoms with Gasteiger partial charge in [0, 0.05) is 48.5 Å². The van der Waals surface area contributed by atoms with E-state index in [0.717, 1.165) is 17.1 Å². The minimum absolute atomic E-state index is 0.122. The number of carboxylic acids is 1. The van der Waals surface area contributed by atoms with Gasteiger partial charge in [0.05, 0.1) is 18.8 Å². The highest BCUT2D eigenvalue weighted by atomic mass is 16.5. The molecule has 1 aliphatic heterocycles. The van der Waals surface area contributed by atoms with Crippen LogP contribution in [0.2, 0.25) is 0 Å². The van der Waals surface area contributed by atoms with Crippen molar-refractivity contribution in [1.29, 1.82) is 0 Å². The van der Waals surface area contributed by atoms with E-state index < -0.39 is 5.97 Å². The first-order valence-electron chi connectivity index (χ1n) is 9.91. The Morgan fingerprint density at radius 2 is 1.83 bits per heavy atom. The number of nitrogens with one attached hydrogen (secondary N) is 1. The van der Waals surface area contributed by atoms with Crippen molar-refractivity contribution in [2.45, 2.75) is 13.8 Å². The third-order valence-corrected chi connectivity index (χ3v) is 4.41. The summed E-state index contributed by atoms with van der Waals surface area (Å²) >= 11 is 0. The van der Waals surface area contributed by atoms with Crippen LogP contribution in [0.5, 0.6) is 0 Å². The Kier molecular flexibility index (Phi) is 7.29. The third-order valence-electron chi connectivity index (χ3n) is 4.41. The molecule has 3 aromatic rings. The Morgan fingerprint density at radius 3 is 2.53 bits per heavy atom. The van der Waals surface area contributed by atoms with Crippen molar-refractivity contribution >= 4 is 23.4 Å². The minimum atomic E-state index is -1.02. The first kappa shape index (κ1) is 21.2. The molecule has 0 radical (unpaired) electrons. The van der Waals surface area contributed by atoms with Gasteiger partial charge < -0.3 is 20.1 Å². The Bertz CT molecular complexity index is 976. The molecule has 0 spiro atoms. The molecule has 2 N–H and O–H groups in total. The smallest absolute Gasteiger partial charge is 0.337 e. The van der Waals surface area contributed by atoms with Gasteiger partial charge in [0.1, 0.15) is 5.82 Å². The van der Waals surface area contributed by atoms with E-state index in [1.807, 2.05) is 44.2 Å². The van der Waals surface area contributed by atoms with Gasteiger partial charge in [-0.05, 0) is 18.2 Å². The van der Waals surface area contributed by atoms with Gasteiger partial charge in [0.15, 0.2) is 0 Å². The molecule has 0 atom stereocenters. The number of rotatable bonds is 5. The van der Waals surface area contributed by atoms with Crippen molar-refractivity contribution in [1.82, 2.24) is 15.0 Å². The van der Waals surface area contributed by atoms with Crippen LogP contribution in [0.4, 0.5) is 17.5 Å². The van der Waals surface area contributed by atoms with Crippen LogP contribution in [0.3, 0.4) is 0 Å². The van der Waals surface area contributed by atoms with E-state index in [1.54, 1.807) is 18.5 Å². The van der Waals surface area contributed by atoms with Gasteiger partial charge in [0.25, 0.3) is 0 Å². The van der Waals surface area contributed by atoms with Gasteiger partial charge in [-0.1, -0.05) is 32.0 Å². The number of pyridine rings is 1. The van der Waals surface area contributed by atoms with E-state index in [-0.39, 0.29) is 5.56 Å². The predicted octanol–water partition coefficient (Wildman–Crippen LogP) is 3.84. The van der Waals surface area contributed by atoms with Crippen LogP contribution < -0.4 is 10.2 Å². The molecular weight excluding hydrogens is 382 g/mol. The molecule has 8 nitrogen and oxygen atoms in total. The Labute approximate surface area is 175 Å². The predicted molar refractivity (Wildman–Crippen MR) is 116 cm³/mol. The molecule has 0 amide bonds. The highest BCUT2D eigenvalue weighted by Gasteiger charge is 2.20. The fraction of sp³-hybridized carbons (Fsp3) is 0.273. The molecule has 8 heteroatoms. The van der Waals surface area contributed by atoms with Crippen LogP contribution >= 0.6 is 0 Å². The topological polar surface area (TPSA) is 100 Å². The second-order valence-electron chi connectivity index (χ2n) is 6.29. The fourth-order valence-electron chi connectivity index (χ4n) is 3.01. The van der Waals surface area contributed by atoms with Crippen molar-refractivity contribution in [2.24, 2.45) is 0 Å². The Hall–Kier alpha value is -3.52. The number of hydrogen-bond acceptors (Lipinski definition) is 7. The average molecular weight is 407 g/mol. The van der Waals surface area contributed by atoms with E-state index in [9.17, 15) is 9.90 Å². The van der Waals surface area contributed by atoms with Crippen LogP contribution in [0.25, 0.3) is 11.1 Å². The van der Waals surface area contributed by atoms with Crippen LogP contribution in [-0.2, 0) is 4.74 Å². The monoisotopic (exact) mass is 407 g/mol. The number of nitrogens with zero attached hydrogens (tertiary/aromatic N) is 4. The lowest BCUT2D eigenvalue weighted by molar-refractivity contribution is 0.0696. The second kappa shape index (κ2) is 10.3. The first-order chi connectivity index (χ1) is 14.7. The van der Waals surface area contributed by atoms with E-state index in [4.69, 9.17) is 9.72 Å². The molecule has 2 aromatic heterocycles. The lowest BCUT2D eigenvalue weighted by Crippen LogP contribution is -2.37. The average Bonchev–Trinajstić information content (AvgIpc) is 2.82. The minimum Gasteiger partial charge on any atom is -0.478 e. The second-order valence-corrected chi connectivity index (χ2v) is 6.29. The Balaban J connectivity index is 0.00000124. The third kappa shape index (κ3) is 5.09. The molecule has 1 aromatic carbocycles. The number of morpholine rings is 1. The molecule has 0 aliphatic carbocycles. The maximum absolute atomic E-state index is 11.3. The lowest BCUT2D eigenvalue weighted by Gasteiger charge is -2.29. The molecule has 156 valence electrons. The van der Waals surface area contributed by atoms with Gasteiger partial charge in [-0.25, -0.2) is 9.78 Å². The van der Waals surface area contributed by atoms with Crippen molar-refractivity contribution in [3.8, 4) is 11.1 Å². The molecule has 0 bridgehead atoms. The zero-order valence-electron chi connectivity index (χ0n) is 17.1. The number of hydrogen-bond donors (Lipinski definition) is 2. The zero-order chi connectivity index (χ0) is 21.3. The van der Waals surface area contributed by atoms with E-state index in [2.05, 4.69) is 20.2 Å². The molecule has 0 saturated carbocycles. The summed E-state index contributed by atoms with van der Waals surface area (Å²) in [6, 6.07) is 11.3. The number of anilines is 3. The largest absolute Gasteiger partial charge is 0.478 e. The molecule has 1 saturated heterocycles. The van der Waals surface area contributed by atoms with Crippen molar-refractivity contribution in [3.05, 3.63) is 60.6 Å². The fourth-order valence-corrected chi connectivity index (χ4v) is 3.01. The van der Waals surface area contributed by atoms with Crippen molar-refractivity contribution in [2.75, 3.05) is 36.5 Å². The summed E-state index contributed by atoms with van der Waals surface area (Å²) in [6.45, 7) is 6.61. The normalized spacial score (nSPS) is 13.2. The van der Waals surface area contributed by atoms with Crippen LogP contribution in [0.1, 0.15) is 24.2 Å². The molecule has 0 unspecified atom stereocenters. The summed E-state index contributed by atoms with van der Waals surface area (Å²) in [6.07, 6.45) is 4.65. The maximum Gasteiger partial charge on any atom is 0.337 e. The SMILES string of the molecule is CC.O=C(O)c1cncc(-c2cnc(Nc3ccccc3)nc2N2CCOCC2)c1. The number of benzene rings is 1. The summed E-state index contributed by atoms with van der Waals surface area (Å²) < 4.78 is 5.45. The number of carbonyl (C=O) groups is 1. The van der Waals surface area contributed by atoms with Gasteiger partial charge in [-0.2, -0.15) is 4.98 Å². The maximum atomic E-state index is 11.3. The summed E-state index contributed by atoms with van der Waals surface area (Å²) in [5.74, 6) is 0.172. The van der Waals surface area contributed by atoms with E-state index in [1.165, 1.54) is 6.20 Å². The zero-order valence-corrected chi connectivity index (χ0v) is 17.1. The summed E-state index contributed by atoms with van der Waals surface area (Å²) in [7, 11) is 0. The van der Waals surface area contributed by atoms with E-state index in [0.29, 0.717) is 37.8 Å². The van der Waals surface area contributed by atoms with Gasteiger partial charge in [0.2, 0.25) is 5.95 Å². The van der Waals surface area contributed by atoms with Gasteiger partial charge in [-0.15, -0.1) is 0 Å². The van der Waals surface area contributed by atoms with Gasteiger partial charge >= 0.3 is 5.97 Å². The summed E-state index contributed by atoms with van der Waals surface area (Å²) in [5.41, 5.74) is 2.40. The molecule has 4 rings (SSSR count). The van der Waals surface area contributed by atoms with E-state index >= 15 is 0 Å². The molecule has 1 fully saturated rings. The highest BCUT2D eigenvalue weighted by molar-refractivity contribution is 5.89. The Morgan fingerprint density at radius 1 is 1.10 bits per heavy atom. The van der Waals surface area contributed by atoms with Crippen molar-refractivity contribution < 1.29 is 14.6 Å². The number of ether oxygens (including phenoxy) is 1. The highest BCUT2D eigenvalue weighted by Crippen LogP contribution is 2.30. The number of aromatic carboxylic acids is 1. The van der Waals surface area contributed by atoms with Crippen LogP contribution in [0.15, 0.2) is 55.0 Å². The summed E-state index contributed by atoms with van der Waals surface area (Å²) in [4.78, 5) is 26.6. The summed E-state index contributed by atoms with van der Waals surface area (Å²) in [5, 5.41) is 12.5. The standard InChI is InChI=1S/C20H19N5O3.C2H6/c26-19(27)15-10-14(11-21-12-15)17-13-22-20(23-16-4-2-1-3-5-16)24-18(17)25-6-8-28-9-7-25;1-2/h1-5,10-13H,6-9H2,(H,26,27)(H,22,23,24);1-2H3. The van der Waals surface area contributed by atoms with Crippen molar-refractivity contribution in [3.63, 3.8) is 0 Å². The van der Waals surface area contributed by atoms with Crippen LogP contribution in [-0.4, -0.2) is 52.3 Å².